The fourth-order valence-electron chi connectivity index (χ4n) is 4.68. The summed E-state index contributed by atoms with van der Waals surface area (Å²) in [6.45, 7) is 5.12. The number of anilines is 1. The Morgan fingerprint density at radius 2 is 1.73 bits per heavy atom. The van der Waals surface area contributed by atoms with Gasteiger partial charge in [0.05, 0.1) is 5.75 Å². The van der Waals surface area contributed by atoms with Crippen LogP contribution in [-0.2, 0) is 15.4 Å². The molecular formula is C19H27N3O3S. The highest BCUT2D eigenvalue weighted by Crippen LogP contribution is 2.47. The lowest BCUT2D eigenvalue weighted by Crippen LogP contribution is -2.49. The summed E-state index contributed by atoms with van der Waals surface area (Å²) >= 11 is 0. The van der Waals surface area contributed by atoms with Crippen molar-refractivity contribution in [3.8, 4) is 0 Å². The van der Waals surface area contributed by atoms with E-state index >= 15 is 0 Å². The Kier molecular flexibility index (Phi) is 4.47. The largest absolute Gasteiger partial charge is 0.324 e. The molecule has 0 bridgehead atoms. The van der Waals surface area contributed by atoms with Gasteiger partial charge >= 0.3 is 6.03 Å². The molecule has 0 unspecified atom stereocenters. The first-order valence-corrected chi connectivity index (χ1v) is 11.2. The number of sulfonamides is 1. The van der Waals surface area contributed by atoms with Crippen LogP contribution in [0.3, 0.4) is 0 Å². The normalized spacial score (nSPS) is 22.8. The Morgan fingerprint density at radius 1 is 1.08 bits per heavy atom. The van der Waals surface area contributed by atoms with Crippen molar-refractivity contribution in [3.05, 3.63) is 29.8 Å². The molecule has 1 spiro atoms. The molecule has 0 N–H and O–H groups in total. The monoisotopic (exact) mass is 377 g/mol. The van der Waals surface area contributed by atoms with Crippen LogP contribution in [0.1, 0.15) is 38.2 Å². The van der Waals surface area contributed by atoms with Crippen molar-refractivity contribution in [1.82, 2.24) is 9.21 Å². The molecule has 4 rings (SSSR count). The van der Waals surface area contributed by atoms with Gasteiger partial charge in [0.1, 0.15) is 0 Å². The number of hydrogen-bond acceptors (Lipinski definition) is 3. The van der Waals surface area contributed by atoms with Gasteiger partial charge in [-0.3, -0.25) is 4.90 Å². The summed E-state index contributed by atoms with van der Waals surface area (Å²) in [4.78, 5) is 16.9. The summed E-state index contributed by atoms with van der Waals surface area (Å²) in [6.07, 6.45) is 3.70. The number of fused-ring (bicyclic) bond motifs is 2. The molecule has 0 saturated carbocycles. The highest BCUT2D eigenvalue weighted by atomic mass is 32.2. The number of urea groups is 1. The molecule has 0 atom stereocenters. The Hall–Kier alpha value is -1.60. The topological polar surface area (TPSA) is 60.9 Å². The first kappa shape index (κ1) is 17.8. The van der Waals surface area contributed by atoms with Gasteiger partial charge in [-0.25, -0.2) is 17.5 Å². The van der Waals surface area contributed by atoms with Crippen molar-refractivity contribution in [2.24, 2.45) is 0 Å². The highest BCUT2D eigenvalue weighted by Gasteiger charge is 2.48. The molecule has 1 aromatic carbocycles. The molecule has 6 nitrogen and oxygen atoms in total. The van der Waals surface area contributed by atoms with E-state index in [9.17, 15) is 13.2 Å². The predicted octanol–water partition coefficient (Wildman–Crippen LogP) is 2.41. The van der Waals surface area contributed by atoms with Crippen LogP contribution in [0.2, 0.25) is 0 Å². The fraction of sp³-hybridized carbons (Fsp3) is 0.632. The van der Waals surface area contributed by atoms with Crippen molar-refractivity contribution in [3.63, 3.8) is 0 Å². The van der Waals surface area contributed by atoms with E-state index in [1.807, 2.05) is 28.0 Å². The number of carbonyl (C=O) groups is 1. The molecule has 3 aliphatic heterocycles. The van der Waals surface area contributed by atoms with E-state index in [0.29, 0.717) is 19.6 Å². The van der Waals surface area contributed by atoms with Crippen molar-refractivity contribution >= 4 is 21.7 Å². The third kappa shape index (κ3) is 2.81. The molecule has 3 aliphatic rings. The minimum absolute atomic E-state index is 0.107. The molecule has 2 saturated heterocycles. The van der Waals surface area contributed by atoms with Crippen molar-refractivity contribution in [2.75, 3.05) is 43.4 Å². The smallest absolute Gasteiger partial charge is 0.324 e. The molecule has 2 fully saturated rings. The number of likely N-dealkylation sites (tertiary alicyclic amines) is 1. The van der Waals surface area contributed by atoms with Gasteiger partial charge in [-0.2, -0.15) is 0 Å². The maximum Gasteiger partial charge on any atom is 0.324 e. The lowest BCUT2D eigenvalue weighted by atomic mass is 9.75. The molecular weight excluding hydrogens is 350 g/mol. The molecule has 142 valence electrons. The van der Waals surface area contributed by atoms with E-state index in [-0.39, 0.29) is 17.2 Å². The Morgan fingerprint density at radius 3 is 2.38 bits per heavy atom. The zero-order valence-electron chi connectivity index (χ0n) is 15.4. The zero-order valence-corrected chi connectivity index (χ0v) is 16.2. The van der Waals surface area contributed by atoms with Crippen LogP contribution in [-0.4, -0.2) is 62.1 Å². The second-order valence-electron chi connectivity index (χ2n) is 7.66. The third-order valence-corrected chi connectivity index (χ3v) is 8.15. The Labute approximate surface area is 155 Å². The number of para-hydroxylation sites is 1. The second kappa shape index (κ2) is 6.53. The van der Waals surface area contributed by atoms with Gasteiger partial charge in [0.2, 0.25) is 10.0 Å². The highest BCUT2D eigenvalue weighted by molar-refractivity contribution is 7.89. The molecule has 3 heterocycles. The average molecular weight is 378 g/mol. The Bertz CT molecular complexity index is 794. The standard InChI is InChI=1S/C19H27N3O3S/c1-2-26(24,25)21-13-9-19(10-14-21)15-22(17-8-4-3-7-16(17)19)18(23)20-11-5-6-12-20/h3-4,7-8H,2,5-6,9-15H2,1H3. The molecule has 7 heteroatoms. The van der Waals surface area contributed by atoms with Crippen LogP contribution in [0.4, 0.5) is 10.5 Å². The fourth-order valence-corrected chi connectivity index (χ4v) is 5.79. The number of nitrogens with zero attached hydrogens (tertiary/aromatic N) is 3. The quantitative estimate of drug-likeness (QED) is 0.795. The minimum Gasteiger partial charge on any atom is -0.324 e. The number of rotatable bonds is 2. The molecule has 1 aromatic rings. The van der Waals surface area contributed by atoms with Crippen LogP contribution >= 0.6 is 0 Å². The molecule has 0 aliphatic carbocycles. The van der Waals surface area contributed by atoms with E-state index in [0.717, 1.165) is 44.5 Å². The third-order valence-electron chi connectivity index (χ3n) is 6.27. The predicted molar refractivity (Wildman–Crippen MR) is 102 cm³/mol. The van der Waals surface area contributed by atoms with Crippen LogP contribution in [0, 0.1) is 0 Å². The van der Waals surface area contributed by atoms with Crippen molar-refractivity contribution in [1.29, 1.82) is 0 Å². The van der Waals surface area contributed by atoms with Gasteiger partial charge in [0.15, 0.2) is 0 Å². The summed E-state index contributed by atoms with van der Waals surface area (Å²) < 4.78 is 26.0. The lowest BCUT2D eigenvalue weighted by Gasteiger charge is -2.39. The summed E-state index contributed by atoms with van der Waals surface area (Å²) in [6, 6.07) is 8.28. The molecule has 2 amide bonds. The molecule has 0 aromatic heterocycles. The minimum atomic E-state index is -3.14. The average Bonchev–Trinajstić information content (AvgIpc) is 3.30. The first-order chi connectivity index (χ1) is 12.5. The zero-order chi connectivity index (χ0) is 18.4. The molecule has 26 heavy (non-hydrogen) atoms. The molecule has 0 radical (unpaired) electrons. The van der Waals surface area contributed by atoms with Crippen LogP contribution in [0.25, 0.3) is 0 Å². The van der Waals surface area contributed by atoms with Gasteiger partial charge in [0, 0.05) is 43.8 Å². The van der Waals surface area contributed by atoms with E-state index < -0.39 is 10.0 Å². The SMILES string of the molecule is CCS(=O)(=O)N1CCC2(CC1)CN(C(=O)N1CCCC1)c1ccccc12. The van der Waals surface area contributed by atoms with Crippen molar-refractivity contribution < 1.29 is 13.2 Å². The van der Waals surface area contributed by atoms with Gasteiger partial charge in [-0.15, -0.1) is 0 Å². The number of carbonyl (C=O) groups excluding carboxylic acids is 1. The van der Waals surface area contributed by atoms with Gasteiger partial charge in [-0.1, -0.05) is 18.2 Å². The van der Waals surface area contributed by atoms with Crippen molar-refractivity contribution in [2.45, 2.75) is 38.0 Å². The number of hydrogen-bond donors (Lipinski definition) is 0. The Balaban J connectivity index is 1.60. The van der Waals surface area contributed by atoms with Gasteiger partial charge < -0.3 is 4.90 Å². The second-order valence-corrected chi connectivity index (χ2v) is 9.92. The summed E-state index contributed by atoms with van der Waals surface area (Å²) in [5.74, 6) is 0.149. The number of benzene rings is 1. The van der Waals surface area contributed by atoms with Crippen LogP contribution in [0.5, 0.6) is 0 Å². The first-order valence-electron chi connectivity index (χ1n) is 9.61. The van der Waals surface area contributed by atoms with Gasteiger partial charge in [0.25, 0.3) is 0 Å². The van der Waals surface area contributed by atoms with E-state index in [1.54, 1.807) is 11.2 Å². The van der Waals surface area contributed by atoms with Crippen LogP contribution < -0.4 is 4.90 Å². The number of piperidine rings is 1. The maximum atomic E-state index is 13.1. The van der Waals surface area contributed by atoms with E-state index in [1.165, 1.54) is 5.56 Å². The summed E-state index contributed by atoms with van der Waals surface area (Å²) in [5.41, 5.74) is 2.10. The maximum absolute atomic E-state index is 13.1. The van der Waals surface area contributed by atoms with E-state index in [4.69, 9.17) is 0 Å². The summed E-state index contributed by atoms with van der Waals surface area (Å²) in [7, 11) is -3.14. The van der Waals surface area contributed by atoms with Crippen LogP contribution in [0.15, 0.2) is 24.3 Å². The van der Waals surface area contributed by atoms with E-state index in [2.05, 4.69) is 6.07 Å². The summed E-state index contributed by atoms with van der Waals surface area (Å²) in [5, 5.41) is 0. The van der Waals surface area contributed by atoms with Gasteiger partial charge in [-0.05, 0) is 44.2 Å². The lowest BCUT2D eigenvalue weighted by molar-refractivity contribution is 0.209. The number of amides is 2.